The first-order chi connectivity index (χ1) is 10.3. The van der Waals surface area contributed by atoms with E-state index in [-0.39, 0.29) is 24.8 Å². The van der Waals surface area contributed by atoms with Gasteiger partial charge in [0.05, 0.1) is 0 Å². The number of nitrogens with two attached hydrogens (primary N) is 1. The molecule has 4 nitrogen and oxygen atoms in total. The second-order valence-electron chi connectivity index (χ2n) is 4.90. The molecule has 0 radical (unpaired) electrons. The topological polar surface area (TPSA) is 67.5 Å². The number of halogens is 2. The van der Waals surface area contributed by atoms with Crippen molar-refractivity contribution in [1.29, 1.82) is 0 Å². The normalized spacial score (nSPS) is 12.3. The van der Waals surface area contributed by atoms with Crippen molar-refractivity contribution in [3.05, 3.63) is 60.7 Å². The highest BCUT2D eigenvalue weighted by Gasteiger charge is 2.15. The van der Waals surface area contributed by atoms with Gasteiger partial charge < -0.3 is 15.2 Å². The van der Waals surface area contributed by atoms with Crippen LogP contribution in [0.4, 0.5) is 5.69 Å². The molecule has 4 N–H and O–H groups in total. The van der Waals surface area contributed by atoms with E-state index in [0.29, 0.717) is 12.2 Å². The molecule has 128 valence electrons. The van der Waals surface area contributed by atoms with Crippen molar-refractivity contribution in [3.63, 3.8) is 0 Å². The minimum Gasteiger partial charge on any atom is -0.473 e. The lowest BCUT2D eigenvalue weighted by molar-refractivity contribution is 0.0340. The molecule has 0 aliphatic carbocycles. The molecule has 0 aromatic heterocycles. The monoisotopic (exact) mass is 358 g/mol. The van der Waals surface area contributed by atoms with Crippen molar-refractivity contribution in [2.45, 2.75) is 25.2 Å². The Bertz CT molecular complexity index is 515. The molecule has 0 saturated heterocycles. The summed E-state index contributed by atoms with van der Waals surface area (Å²) >= 11 is 0. The number of hydrogen-bond donors (Lipinski definition) is 3. The first-order valence-electron chi connectivity index (χ1n) is 7.20. The lowest BCUT2D eigenvalue weighted by Crippen LogP contribution is -2.40. The summed E-state index contributed by atoms with van der Waals surface area (Å²) in [6.07, 6.45) is 0.0299. The summed E-state index contributed by atoms with van der Waals surface area (Å²) in [5, 5.41) is 13.3. The predicted molar refractivity (Wildman–Crippen MR) is 99.7 cm³/mol. The molecule has 6 heteroatoms. The maximum Gasteiger partial charge on any atom is 0.173 e. The average Bonchev–Trinajstić information content (AvgIpc) is 2.53. The van der Waals surface area contributed by atoms with Crippen LogP contribution in [-0.4, -0.2) is 24.0 Å². The number of aliphatic hydroxyl groups excluding tert-OH is 1. The second kappa shape index (κ2) is 12.0. The van der Waals surface area contributed by atoms with Gasteiger partial charge in [-0.1, -0.05) is 36.4 Å². The largest absolute Gasteiger partial charge is 0.473 e. The molecule has 0 heterocycles. The average molecular weight is 359 g/mol. The van der Waals surface area contributed by atoms with Crippen molar-refractivity contribution < 1.29 is 9.84 Å². The van der Waals surface area contributed by atoms with Crippen LogP contribution in [0.15, 0.2) is 60.7 Å². The molecule has 0 saturated carbocycles. The molecule has 2 atom stereocenters. The van der Waals surface area contributed by atoms with Gasteiger partial charge in [0.25, 0.3) is 0 Å². The number of ether oxygens (including phenoxy) is 1. The highest BCUT2D eigenvalue weighted by Crippen LogP contribution is 2.12. The summed E-state index contributed by atoms with van der Waals surface area (Å²) in [6, 6.07) is 19.3. The second-order valence-corrected chi connectivity index (χ2v) is 4.90. The zero-order chi connectivity index (χ0) is 14.9. The molecule has 2 unspecified atom stereocenters. The van der Waals surface area contributed by atoms with Crippen LogP contribution in [0.2, 0.25) is 0 Å². The van der Waals surface area contributed by atoms with Crippen molar-refractivity contribution in [2.24, 2.45) is 5.73 Å². The zero-order valence-electron chi connectivity index (χ0n) is 12.8. The number of hydrogen-bond acceptors (Lipinski definition) is 4. The summed E-state index contributed by atoms with van der Waals surface area (Å²) in [5.41, 5.74) is 6.93. The van der Waals surface area contributed by atoms with Gasteiger partial charge in [0, 0.05) is 12.2 Å². The smallest absolute Gasteiger partial charge is 0.173 e. The van der Waals surface area contributed by atoms with Crippen LogP contribution >= 0.6 is 24.8 Å². The van der Waals surface area contributed by atoms with Gasteiger partial charge in [0.1, 0.15) is 11.9 Å². The number of aliphatic hydroxyl groups is 1. The van der Waals surface area contributed by atoms with Gasteiger partial charge in [-0.15, -0.1) is 24.8 Å². The van der Waals surface area contributed by atoms with Crippen molar-refractivity contribution in [2.75, 3.05) is 11.9 Å². The molecular weight excluding hydrogens is 335 g/mol. The van der Waals surface area contributed by atoms with Crippen molar-refractivity contribution in [3.8, 4) is 5.75 Å². The van der Waals surface area contributed by atoms with Gasteiger partial charge in [-0.25, -0.2) is 0 Å². The Labute approximate surface area is 149 Å². The van der Waals surface area contributed by atoms with Crippen LogP contribution in [0, 0.1) is 0 Å². The molecule has 23 heavy (non-hydrogen) atoms. The fraction of sp³-hybridized carbons (Fsp3) is 0.294. The van der Waals surface area contributed by atoms with Crippen molar-refractivity contribution in [1.82, 2.24) is 0 Å². The van der Waals surface area contributed by atoms with E-state index in [1.807, 2.05) is 60.7 Å². The third-order valence-corrected chi connectivity index (χ3v) is 3.17. The molecule has 0 aliphatic rings. The van der Waals surface area contributed by atoms with E-state index < -0.39 is 12.3 Å². The molecule has 2 aromatic rings. The molecule has 0 amide bonds. The van der Waals surface area contributed by atoms with E-state index in [1.165, 1.54) is 0 Å². The van der Waals surface area contributed by atoms with Crippen LogP contribution in [0.1, 0.15) is 12.8 Å². The maximum atomic E-state index is 10.00. The highest BCUT2D eigenvalue weighted by molar-refractivity contribution is 5.85. The minimum absolute atomic E-state index is 0. The standard InChI is InChI=1S/C17H22N2O2.2ClH/c18-17(21-15-10-5-2-6-11-15)16(20)12-7-13-19-14-8-3-1-4-9-14;;/h1-6,8-11,16-17,19-20H,7,12-13,18H2;2*1H. The lowest BCUT2D eigenvalue weighted by atomic mass is 10.1. The molecule has 0 bridgehead atoms. The molecule has 0 fully saturated rings. The van der Waals surface area contributed by atoms with Crippen LogP contribution < -0.4 is 15.8 Å². The first-order valence-corrected chi connectivity index (χ1v) is 7.20. The van der Waals surface area contributed by atoms with Gasteiger partial charge >= 0.3 is 0 Å². The Morgan fingerprint density at radius 2 is 1.52 bits per heavy atom. The number of rotatable bonds is 8. The summed E-state index contributed by atoms with van der Waals surface area (Å²) in [5.74, 6) is 0.673. The number of benzene rings is 2. The number of anilines is 1. The van der Waals surface area contributed by atoms with Gasteiger partial charge in [0.2, 0.25) is 0 Å². The van der Waals surface area contributed by atoms with Crippen LogP contribution in [-0.2, 0) is 0 Å². The third kappa shape index (κ3) is 8.09. The molecule has 0 aliphatic heterocycles. The van der Waals surface area contributed by atoms with E-state index in [9.17, 15) is 5.11 Å². The van der Waals surface area contributed by atoms with E-state index in [2.05, 4.69) is 5.32 Å². The Morgan fingerprint density at radius 3 is 2.13 bits per heavy atom. The zero-order valence-corrected chi connectivity index (χ0v) is 14.4. The first kappa shape index (κ1) is 21.5. The summed E-state index contributed by atoms with van der Waals surface area (Å²) in [7, 11) is 0. The van der Waals surface area contributed by atoms with Gasteiger partial charge in [-0.05, 0) is 37.1 Å². The lowest BCUT2D eigenvalue weighted by Gasteiger charge is -2.20. The van der Waals surface area contributed by atoms with E-state index in [1.54, 1.807) is 0 Å². The fourth-order valence-corrected chi connectivity index (χ4v) is 2.00. The summed E-state index contributed by atoms with van der Waals surface area (Å²) < 4.78 is 5.50. The van der Waals surface area contributed by atoms with Crippen LogP contribution in [0.5, 0.6) is 5.75 Å². The molecular formula is C17H24Cl2N2O2. The van der Waals surface area contributed by atoms with Crippen molar-refractivity contribution >= 4 is 30.5 Å². The molecule has 0 spiro atoms. The summed E-state index contributed by atoms with van der Waals surface area (Å²) in [4.78, 5) is 0. The van der Waals surface area contributed by atoms with Crippen LogP contribution in [0.25, 0.3) is 0 Å². The van der Waals surface area contributed by atoms with E-state index >= 15 is 0 Å². The molecule has 2 aromatic carbocycles. The van der Waals surface area contributed by atoms with Gasteiger partial charge in [0.15, 0.2) is 6.23 Å². The molecule has 2 rings (SSSR count). The Kier molecular flexibility index (Phi) is 11.3. The Morgan fingerprint density at radius 1 is 0.957 bits per heavy atom. The Balaban J connectivity index is 0.00000242. The quantitative estimate of drug-likeness (QED) is 0.499. The number of para-hydroxylation sites is 2. The summed E-state index contributed by atoms with van der Waals surface area (Å²) in [6.45, 7) is 0.791. The van der Waals surface area contributed by atoms with Gasteiger partial charge in [-0.3, -0.25) is 5.73 Å². The van der Waals surface area contributed by atoms with E-state index in [4.69, 9.17) is 10.5 Å². The third-order valence-electron chi connectivity index (χ3n) is 3.17. The van der Waals surface area contributed by atoms with Crippen LogP contribution in [0.3, 0.4) is 0 Å². The number of nitrogens with one attached hydrogen (secondary N) is 1. The fourth-order valence-electron chi connectivity index (χ4n) is 2.00. The SMILES string of the molecule is Cl.Cl.NC(Oc1ccccc1)C(O)CCCNc1ccccc1. The Hall–Kier alpha value is -1.46. The minimum atomic E-state index is -0.705. The van der Waals surface area contributed by atoms with E-state index in [0.717, 1.165) is 18.7 Å². The highest BCUT2D eigenvalue weighted by atomic mass is 35.5. The van der Waals surface area contributed by atoms with Gasteiger partial charge in [-0.2, -0.15) is 0 Å². The maximum absolute atomic E-state index is 10.00. The predicted octanol–water partition coefficient (Wildman–Crippen LogP) is 3.45.